The molecule has 0 spiro atoms. The molecule has 19 heavy (non-hydrogen) atoms. The highest BCUT2D eigenvalue weighted by atomic mass is 16.3. The lowest BCUT2D eigenvalue weighted by atomic mass is 9.88. The van der Waals surface area contributed by atoms with Crippen LogP contribution in [0.3, 0.4) is 0 Å². The molecule has 3 unspecified atom stereocenters. The zero-order valence-electron chi connectivity index (χ0n) is 12.9. The summed E-state index contributed by atoms with van der Waals surface area (Å²) in [4.78, 5) is 2.60. The molecule has 1 saturated heterocycles. The van der Waals surface area contributed by atoms with E-state index in [1.54, 1.807) is 0 Å². The molecule has 3 atom stereocenters. The minimum Gasteiger partial charge on any atom is -0.393 e. The summed E-state index contributed by atoms with van der Waals surface area (Å²) in [5.74, 6) is 2.11. The third-order valence-corrected chi connectivity index (χ3v) is 4.55. The minimum absolute atomic E-state index is 0.120. The molecule has 1 heterocycles. The minimum atomic E-state index is -0.120. The van der Waals surface area contributed by atoms with E-state index >= 15 is 0 Å². The second kappa shape index (κ2) is 7.05. The average molecular weight is 268 g/mol. The summed E-state index contributed by atoms with van der Waals surface area (Å²) in [6.45, 7) is 11.2. The molecule has 1 saturated carbocycles. The van der Waals surface area contributed by atoms with Crippen LogP contribution in [-0.4, -0.2) is 48.3 Å². The van der Waals surface area contributed by atoms with Gasteiger partial charge in [0.15, 0.2) is 0 Å². The molecule has 1 aliphatic heterocycles. The summed E-state index contributed by atoms with van der Waals surface area (Å²) < 4.78 is 0. The molecule has 0 bridgehead atoms. The number of nitrogens with one attached hydrogen (secondary N) is 1. The maximum absolute atomic E-state index is 10.2. The van der Waals surface area contributed by atoms with Crippen molar-refractivity contribution in [3.05, 3.63) is 0 Å². The molecule has 1 aliphatic carbocycles. The van der Waals surface area contributed by atoms with E-state index in [-0.39, 0.29) is 6.10 Å². The van der Waals surface area contributed by atoms with E-state index in [4.69, 9.17) is 0 Å². The van der Waals surface area contributed by atoms with Crippen LogP contribution < -0.4 is 5.32 Å². The van der Waals surface area contributed by atoms with Crippen LogP contribution in [0.5, 0.6) is 0 Å². The highest BCUT2D eigenvalue weighted by molar-refractivity contribution is 4.89. The summed E-state index contributed by atoms with van der Waals surface area (Å²) >= 11 is 0. The second-order valence-corrected chi connectivity index (χ2v) is 7.13. The number of piperidine rings is 1. The third kappa shape index (κ3) is 5.05. The standard InChI is InChI=1S/C16H32N2O/c1-4-16(19)14-7-15(17-8-12(2)3)11-18(10-14)9-13-5-6-13/h12-17,19H,4-11H2,1-3H3. The first-order chi connectivity index (χ1) is 9.08. The first kappa shape index (κ1) is 15.3. The Balaban J connectivity index is 1.86. The Morgan fingerprint density at radius 3 is 2.58 bits per heavy atom. The van der Waals surface area contributed by atoms with Gasteiger partial charge in [-0.15, -0.1) is 0 Å². The van der Waals surface area contributed by atoms with Crippen molar-refractivity contribution in [2.45, 2.75) is 58.6 Å². The molecule has 0 aromatic carbocycles. The van der Waals surface area contributed by atoms with Crippen molar-refractivity contribution in [1.29, 1.82) is 0 Å². The summed E-state index contributed by atoms with van der Waals surface area (Å²) in [6.07, 6.45) is 4.75. The van der Waals surface area contributed by atoms with Crippen LogP contribution in [0.1, 0.15) is 46.5 Å². The normalized spacial score (nSPS) is 30.8. The number of hydrogen-bond donors (Lipinski definition) is 2. The fourth-order valence-electron chi connectivity index (χ4n) is 3.21. The number of likely N-dealkylation sites (tertiary alicyclic amines) is 1. The number of aliphatic hydroxyl groups excluding tert-OH is 1. The SMILES string of the molecule is CCC(O)C1CC(NCC(C)C)CN(CC2CC2)C1. The van der Waals surface area contributed by atoms with Crippen molar-refractivity contribution in [3.63, 3.8) is 0 Å². The lowest BCUT2D eigenvalue weighted by Gasteiger charge is -2.40. The smallest absolute Gasteiger partial charge is 0.0578 e. The maximum atomic E-state index is 10.2. The molecule has 0 aromatic rings. The van der Waals surface area contributed by atoms with Crippen LogP contribution >= 0.6 is 0 Å². The van der Waals surface area contributed by atoms with Gasteiger partial charge >= 0.3 is 0 Å². The Morgan fingerprint density at radius 1 is 1.26 bits per heavy atom. The van der Waals surface area contributed by atoms with Crippen LogP contribution in [0.2, 0.25) is 0 Å². The van der Waals surface area contributed by atoms with Gasteiger partial charge in [-0.05, 0) is 50.0 Å². The van der Waals surface area contributed by atoms with Gasteiger partial charge in [0, 0.05) is 25.7 Å². The molecule has 2 N–H and O–H groups in total. The van der Waals surface area contributed by atoms with Crippen LogP contribution in [-0.2, 0) is 0 Å². The van der Waals surface area contributed by atoms with Crippen molar-refractivity contribution in [2.24, 2.45) is 17.8 Å². The van der Waals surface area contributed by atoms with E-state index in [0.29, 0.717) is 17.9 Å². The predicted octanol–water partition coefficient (Wildman–Crippen LogP) is 2.10. The monoisotopic (exact) mass is 268 g/mol. The van der Waals surface area contributed by atoms with E-state index in [2.05, 4.69) is 31.0 Å². The van der Waals surface area contributed by atoms with E-state index in [1.807, 2.05) is 0 Å². The molecule has 112 valence electrons. The number of hydrogen-bond acceptors (Lipinski definition) is 3. The molecule has 0 aromatic heterocycles. The Kier molecular flexibility index (Phi) is 5.67. The third-order valence-electron chi connectivity index (χ3n) is 4.55. The van der Waals surface area contributed by atoms with Crippen molar-refractivity contribution in [3.8, 4) is 0 Å². The van der Waals surface area contributed by atoms with Crippen molar-refractivity contribution in [2.75, 3.05) is 26.2 Å². The summed E-state index contributed by atoms with van der Waals surface area (Å²) in [5.41, 5.74) is 0. The topological polar surface area (TPSA) is 35.5 Å². The molecule has 2 rings (SSSR count). The van der Waals surface area contributed by atoms with E-state index in [0.717, 1.165) is 31.8 Å². The van der Waals surface area contributed by atoms with E-state index in [9.17, 15) is 5.11 Å². The molecular formula is C16H32N2O. The number of nitrogens with zero attached hydrogens (tertiary/aromatic N) is 1. The van der Waals surface area contributed by atoms with Crippen LogP contribution in [0.4, 0.5) is 0 Å². The first-order valence-corrected chi connectivity index (χ1v) is 8.22. The summed E-state index contributed by atoms with van der Waals surface area (Å²) in [6, 6.07) is 0.570. The molecule has 0 radical (unpaired) electrons. The molecule has 0 amide bonds. The van der Waals surface area contributed by atoms with Gasteiger partial charge in [0.25, 0.3) is 0 Å². The summed E-state index contributed by atoms with van der Waals surface area (Å²) in [5, 5.41) is 13.9. The fourth-order valence-corrected chi connectivity index (χ4v) is 3.21. The van der Waals surface area contributed by atoms with Gasteiger partial charge in [-0.1, -0.05) is 20.8 Å². The van der Waals surface area contributed by atoms with Gasteiger partial charge in [0.05, 0.1) is 6.10 Å². The molecule has 3 nitrogen and oxygen atoms in total. The van der Waals surface area contributed by atoms with Crippen molar-refractivity contribution in [1.82, 2.24) is 10.2 Å². The van der Waals surface area contributed by atoms with Gasteiger partial charge in [-0.3, -0.25) is 0 Å². The van der Waals surface area contributed by atoms with Crippen LogP contribution in [0.25, 0.3) is 0 Å². The Labute approximate surface area is 118 Å². The van der Waals surface area contributed by atoms with Crippen molar-refractivity contribution < 1.29 is 5.11 Å². The highest BCUT2D eigenvalue weighted by Gasteiger charge is 2.33. The zero-order chi connectivity index (χ0) is 13.8. The summed E-state index contributed by atoms with van der Waals surface area (Å²) in [7, 11) is 0. The number of aliphatic hydroxyl groups is 1. The molecule has 2 aliphatic rings. The fraction of sp³-hybridized carbons (Fsp3) is 1.00. The first-order valence-electron chi connectivity index (χ1n) is 8.22. The zero-order valence-corrected chi connectivity index (χ0v) is 12.9. The quantitative estimate of drug-likeness (QED) is 0.742. The van der Waals surface area contributed by atoms with Gasteiger partial charge in [-0.2, -0.15) is 0 Å². The van der Waals surface area contributed by atoms with Crippen LogP contribution in [0, 0.1) is 17.8 Å². The Hall–Kier alpha value is -0.120. The van der Waals surface area contributed by atoms with Gasteiger partial charge in [0.2, 0.25) is 0 Å². The van der Waals surface area contributed by atoms with Crippen LogP contribution in [0.15, 0.2) is 0 Å². The van der Waals surface area contributed by atoms with E-state index in [1.165, 1.54) is 25.9 Å². The average Bonchev–Trinajstić information content (AvgIpc) is 3.19. The van der Waals surface area contributed by atoms with Gasteiger partial charge in [-0.25, -0.2) is 0 Å². The Morgan fingerprint density at radius 2 is 2.00 bits per heavy atom. The van der Waals surface area contributed by atoms with Crippen molar-refractivity contribution >= 4 is 0 Å². The van der Waals surface area contributed by atoms with Gasteiger partial charge < -0.3 is 15.3 Å². The largest absolute Gasteiger partial charge is 0.393 e. The lowest BCUT2D eigenvalue weighted by molar-refractivity contribution is 0.0336. The molecule has 2 fully saturated rings. The Bertz CT molecular complexity index is 265. The number of rotatable bonds is 7. The predicted molar refractivity (Wildman–Crippen MR) is 80.2 cm³/mol. The second-order valence-electron chi connectivity index (χ2n) is 7.13. The van der Waals surface area contributed by atoms with E-state index < -0.39 is 0 Å². The molecular weight excluding hydrogens is 236 g/mol. The highest BCUT2D eigenvalue weighted by Crippen LogP contribution is 2.32. The van der Waals surface area contributed by atoms with Gasteiger partial charge in [0.1, 0.15) is 0 Å². The lowest BCUT2D eigenvalue weighted by Crippen LogP contribution is -2.52. The molecule has 3 heteroatoms. The maximum Gasteiger partial charge on any atom is 0.0578 e.